The van der Waals surface area contributed by atoms with E-state index < -0.39 is 40.7 Å². The molecule has 0 fully saturated rings. The lowest BCUT2D eigenvalue weighted by Crippen LogP contribution is -2.59. The van der Waals surface area contributed by atoms with Gasteiger partial charge in [-0.3, -0.25) is 23.5 Å². The number of hydrogen-bond acceptors (Lipinski definition) is 8. The molecule has 48 heavy (non-hydrogen) atoms. The highest BCUT2D eigenvalue weighted by Crippen LogP contribution is 2.36. The number of fused-ring (bicyclic) bond motifs is 1. The van der Waals surface area contributed by atoms with Crippen LogP contribution in [-0.4, -0.2) is 45.9 Å². The first-order chi connectivity index (χ1) is 23.2. The number of anilines is 2. The zero-order chi connectivity index (χ0) is 34.6. The van der Waals surface area contributed by atoms with E-state index in [1.807, 2.05) is 30.3 Å². The highest BCUT2D eigenvalue weighted by atomic mass is 16.5. The van der Waals surface area contributed by atoms with Crippen LogP contribution in [0.15, 0.2) is 70.8 Å². The van der Waals surface area contributed by atoms with E-state index >= 15 is 0 Å². The van der Waals surface area contributed by atoms with Crippen LogP contribution < -0.4 is 31.5 Å². The third-order valence-corrected chi connectivity index (χ3v) is 7.91. The number of ether oxygens (including phenoxy) is 2. The van der Waals surface area contributed by atoms with Gasteiger partial charge in [-0.1, -0.05) is 57.1 Å². The largest absolute Gasteiger partial charge is 0.494 e. The molecule has 1 N–H and O–H groups in total. The van der Waals surface area contributed by atoms with Gasteiger partial charge >= 0.3 is 11.9 Å². The molecule has 0 aliphatic carbocycles. The lowest BCUT2D eigenvalue weighted by Gasteiger charge is -2.20. The summed E-state index contributed by atoms with van der Waals surface area (Å²) in [6, 6.07) is 15.8. The minimum Gasteiger partial charge on any atom is -0.494 e. The van der Waals surface area contributed by atoms with Crippen LogP contribution >= 0.6 is 0 Å². The SMILES string of the molecule is C=CCOC(=O)C(C#N)=c1n(CC)c(=O)c(=CC=Cc2ccc3c(c2)CCN3c2ccc(OCCCCCC)cc2)c(=O)n1CC(=O)O. The first-order valence-corrected chi connectivity index (χ1v) is 16.0. The average Bonchev–Trinajstić information content (AvgIpc) is 3.50. The molecule has 0 amide bonds. The summed E-state index contributed by atoms with van der Waals surface area (Å²) in [4.78, 5) is 53.5. The van der Waals surface area contributed by atoms with Crippen molar-refractivity contribution in [3.8, 4) is 11.8 Å². The highest BCUT2D eigenvalue weighted by Gasteiger charge is 2.22. The van der Waals surface area contributed by atoms with Crippen molar-refractivity contribution in [1.82, 2.24) is 9.13 Å². The van der Waals surface area contributed by atoms with Gasteiger partial charge in [0.2, 0.25) is 0 Å². The number of carboxylic acids is 1. The normalized spacial score (nSPS) is 13.3. The van der Waals surface area contributed by atoms with E-state index in [1.165, 1.54) is 31.4 Å². The first kappa shape index (κ1) is 35.2. The zero-order valence-corrected chi connectivity index (χ0v) is 27.3. The molecule has 0 radical (unpaired) electrons. The number of nitriles is 1. The molecular formula is C37H40N4O7. The van der Waals surface area contributed by atoms with Gasteiger partial charge < -0.3 is 19.5 Å². The predicted molar refractivity (Wildman–Crippen MR) is 184 cm³/mol. The van der Waals surface area contributed by atoms with Crippen molar-refractivity contribution < 1.29 is 24.2 Å². The number of aromatic nitrogens is 2. The van der Waals surface area contributed by atoms with E-state index in [2.05, 4.69) is 30.5 Å². The summed E-state index contributed by atoms with van der Waals surface area (Å²) in [6.07, 6.45) is 11.4. The van der Waals surface area contributed by atoms with Crippen LogP contribution in [0.5, 0.6) is 5.75 Å². The Morgan fingerprint density at radius 3 is 2.46 bits per heavy atom. The molecule has 1 aliphatic rings. The van der Waals surface area contributed by atoms with E-state index in [4.69, 9.17) is 9.47 Å². The summed E-state index contributed by atoms with van der Waals surface area (Å²) in [6.45, 7) is 7.60. The molecule has 0 bridgehead atoms. The summed E-state index contributed by atoms with van der Waals surface area (Å²) in [5.74, 6) is -1.65. The number of benzene rings is 2. The van der Waals surface area contributed by atoms with E-state index in [-0.39, 0.29) is 18.4 Å². The van der Waals surface area contributed by atoms with Crippen molar-refractivity contribution in [2.45, 2.75) is 59.0 Å². The Kier molecular flexibility index (Phi) is 12.3. The van der Waals surface area contributed by atoms with Gasteiger partial charge in [0.15, 0.2) is 5.57 Å². The second-order valence-electron chi connectivity index (χ2n) is 11.2. The van der Waals surface area contributed by atoms with Crippen molar-refractivity contribution in [2.75, 3.05) is 24.7 Å². The van der Waals surface area contributed by atoms with Gasteiger partial charge in [0, 0.05) is 24.5 Å². The molecule has 4 rings (SSSR count). The fourth-order valence-electron chi connectivity index (χ4n) is 5.59. The maximum absolute atomic E-state index is 13.5. The summed E-state index contributed by atoms with van der Waals surface area (Å²) in [7, 11) is 0. The van der Waals surface area contributed by atoms with Gasteiger partial charge in [0.1, 0.15) is 35.7 Å². The minimum absolute atomic E-state index is 0.0470. The lowest BCUT2D eigenvalue weighted by atomic mass is 10.1. The van der Waals surface area contributed by atoms with E-state index in [0.717, 1.165) is 56.8 Å². The summed E-state index contributed by atoms with van der Waals surface area (Å²) < 4.78 is 12.6. The Morgan fingerprint density at radius 1 is 1.04 bits per heavy atom. The van der Waals surface area contributed by atoms with Crippen molar-refractivity contribution in [1.29, 1.82) is 5.26 Å². The molecule has 3 aromatic rings. The maximum atomic E-state index is 13.5. The zero-order valence-electron chi connectivity index (χ0n) is 27.3. The third-order valence-electron chi connectivity index (χ3n) is 7.91. The van der Waals surface area contributed by atoms with Crippen LogP contribution in [0.2, 0.25) is 0 Å². The monoisotopic (exact) mass is 652 g/mol. The summed E-state index contributed by atoms with van der Waals surface area (Å²) in [5, 5.41) is 19.0. The fraction of sp³-hybridized carbons (Fsp3) is 0.324. The number of unbranched alkanes of at least 4 members (excludes halogenated alkanes) is 3. The molecule has 1 aromatic heterocycles. The fourth-order valence-corrected chi connectivity index (χ4v) is 5.59. The Labute approximate surface area is 278 Å². The summed E-state index contributed by atoms with van der Waals surface area (Å²) in [5.41, 5.74) is 1.35. The Hall–Kier alpha value is -5.63. The van der Waals surface area contributed by atoms with Crippen LogP contribution in [-0.2, 0) is 33.8 Å². The van der Waals surface area contributed by atoms with Gasteiger partial charge in [0.25, 0.3) is 11.1 Å². The Bertz CT molecular complexity index is 1980. The van der Waals surface area contributed by atoms with E-state index in [0.29, 0.717) is 6.61 Å². The predicted octanol–water partition coefficient (Wildman–Crippen LogP) is 3.67. The van der Waals surface area contributed by atoms with Crippen molar-refractivity contribution in [3.63, 3.8) is 0 Å². The van der Waals surface area contributed by atoms with Crippen molar-refractivity contribution in [2.24, 2.45) is 0 Å². The van der Waals surface area contributed by atoms with Crippen molar-refractivity contribution >= 4 is 41.0 Å². The minimum atomic E-state index is -1.40. The molecule has 2 heterocycles. The second kappa shape index (κ2) is 16.8. The number of carbonyl (C=O) groups excluding carboxylic acids is 1. The molecule has 0 saturated heterocycles. The van der Waals surface area contributed by atoms with Gasteiger partial charge in [0.05, 0.1) is 6.61 Å². The topological polar surface area (TPSA) is 144 Å². The third kappa shape index (κ3) is 8.20. The number of carbonyl (C=O) groups is 2. The number of carboxylic acid groups (broad SMARTS) is 1. The molecule has 0 spiro atoms. The molecule has 0 unspecified atom stereocenters. The average molecular weight is 653 g/mol. The van der Waals surface area contributed by atoms with Crippen LogP contribution in [0, 0.1) is 11.3 Å². The molecule has 250 valence electrons. The molecule has 2 aromatic carbocycles. The number of hydrogen-bond donors (Lipinski definition) is 1. The highest BCUT2D eigenvalue weighted by molar-refractivity contribution is 6.15. The molecule has 11 nitrogen and oxygen atoms in total. The van der Waals surface area contributed by atoms with Gasteiger partial charge in [-0.05, 0) is 73.4 Å². The molecule has 11 heteroatoms. The second-order valence-corrected chi connectivity index (χ2v) is 11.2. The van der Waals surface area contributed by atoms with Gasteiger partial charge in [-0.25, -0.2) is 4.79 Å². The van der Waals surface area contributed by atoms with E-state index in [1.54, 1.807) is 25.1 Å². The van der Waals surface area contributed by atoms with Crippen LogP contribution in [0.3, 0.4) is 0 Å². The number of esters is 1. The smallest absolute Gasteiger partial charge is 0.353 e. The molecular weight excluding hydrogens is 612 g/mol. The van der Waals surface area contributed by atoms with Gasteiger partial charge in [-0.2, -0.15) is 5.26 Å². The number of nitrogens with zero attached hydrogens (tertiary/aromatic N) is 4. The van der Waals surface area contributed by atoms with Crippen LogP contribution in [0.4, 0.5) is 11.4 Å². The molecule has 1 aliphatic heterocycles. The maximum Gasteiger partial charge on any atom is 0.353 e. The molecule has 0 atom stereocenters. The number of allylic oxidation sites excluding steroid dienone is 1. The first-order valence-electron chi connectivity index (χ1n) is 16.0. The number of aliphatic carboxylic acids is 1. The van der Waals surface area contributed by atoms with Crippen LogP contribution in [0.1, 0.15) is 50.7 Å². The summed E-state index contributed by atoms with van der Waals surface area (Å²) >= 11 is 0. The standard InChI is InChI=1S/C37H40N4O7/c1-4-7-8-9-22-47-29-16-14-28(15-17-29)40-20-19-27-23-26(13-18-32(27)40)11-10-12-30-35(44)39(6-3)34(41(36(30)45)25-33(42)43)31(24-38)37(46)48-21-5-2/h5,10-18,23H,2,4,6-9,19-22,25H2,1,3H3,(H,42,43). The Morgan fingerprint density at radius 2 is 1.79 bits per heavy atom. The quantitative estimate of drug-likeness (QED) is 0.148. The van der Waals surface area contributed by atoms with Crippen molar-refractivity contribution in [3.05, 3.63) is 104 Å². The van der Waals surface area contributed by atoms with E-state index in [9.17, 15) is 29.5 Å². The van der Waals surface area contributed by atoms with Gasteiger partial charge in [-0.15, -0.1) is 0 Å². The van der Waals surface area contributed by atoms with Crippen LogP contribution in [0.25, 0.3) is 17.7 Å². The lowest BCUT2D eigenvalue weighted by molar-refractivity contribution is -0.138. The number of rotatable bonds is 15. The molecule has 0 saturated carbocycles. The Balaban J connectivity index is 1.63.